The second-order valence-electron chi connectivity index (χ2n) is 7.50. The molecule has 6 nitrogen and oxygen atoms in total. The van der Waals surface area contributed by atoms with Crippen molar-refractivity contribution in [2.75, 3.05) is 5.32 Å². The molecule has 0 aliphatic heterocycles. The molecule has 1 N–H and O–H groups in total. The Bertz CT molecular complexity index is 1170. The third-order valence-corrected chi connectivity index (χ3v) is 8.61. The van der Waals surface area contributed by atoms with Crippen LogP contribution in [0.15, 0.2) is 47.0 Å². The minimum Gasteiger partial charge on any atom is -0.316 e. The highest BCUT2D eigenvalue weighted by atomic mass is 32.2. The number of benzene rings is 1. The van der Waals surface area contributed by atoms with Crippen molar-refractivity contribution < 1.29 is 4.79 Å². The molecule has 0 aliphatic carbocycles. The summed E-state index contributed by atoms with van der Waals surface area (Å²) in [6.07, 6.45) is 2.43. The number of aromatic nitrogens is 3. The molecule has 0 bridgehead atoms. The van der Waals surface area contributed by atoms with Crippen molar-refractivity contribution in [3.63, 3.8) is 0 Å². The molecule has 3 rings (SSSR count). The van der Waals surface area contributed by atoms with Gasteiger partial charge in [-0.2, -0.15) is 5.26 Å². The van der Waals surface area contributed by atoms with Gasteiger partial charge in [0.25, 0.3) is 0 Å². The fourth-order valence-electron chi connectivity index (χ4n) is 3.10. The topological polar surface area (TPSA) is 83.6 Å². The highest BCUT2D eigenvalue weighted by Gasteiger charge is 2.24. The molecule has 33 heavy (non-hydrogen) atoms. The Labute approximate surface area is 207 Å². The van der Waals surface area contributed by atoms with Gasteiger partial charge in [-0.25, -0.2) is 0 Å². The van der Waals surface area contributed by atoms with E-state index in [2.05, 4.69) is 59.4 Å². The number of anilines is 1. The van der Waals surface area contributed by atoms with E-state index in [1.807, 2.05) is 31.4 Å². The number of thioether (sulfide) groups is 2. The van der Waals surface area contributed by atoms with E-state index in [4.69, 9.17) is 0 Å². The maximum atomic E-state index is 13.0. The quantitative estimate of drug-likeness (QED) is 0.268. The Morgan fingerprint density at radius 2 is 2.03 bits per heavy atom. The molecule has 2 aromatic heterocycles. The molecular weight excluding hydrogens is 470 g/mol. The molecular formula is C24H27N5OS3. The Hall–Kier alpha value is -2.54. The van der Waals surface area contributed by atoms with E-state index in [1.54, 1.807) is 11.8 Å². The number of nitrogens with one attached hydrogen (secondary N) is 1. The van der Waals surface area contributed by atoms with Crippen LogP contribution < -0.4 is 5.32 Å². The number of nitriles is 1. The summed E-state index contributed by atoms with van der Waals surface area (Å²) in [4.78, 5) is 15.2. The van der Waals surface area contributed by atoms with Crippen LogP contribution in [0.4, 0.5) is 5.00 Å². The van der Waals surface area contributed by atoms with Gasteiger partial charge in [0.15, 0.2) is 5.16 Å². The van der Waals surface area contributed by atoms with Crippen LogP contribution in [0.5, 0.6) is 0 Å². The monoisotopic (exact) mass is 497 g/mol. The van der Waals surface area contributed by atoms with Crippen molar-refractivity contribution in [2.45, 2.75) is 61.7 Å². The number of allylic oxidation sites excluding steroid dienone is 1. The minimum absolute atomic E-state index is 0.135. The minimum atomic E-state index is -0.357. The fourth-order valence-corrected chi connectivity index (χ4v) is 5.93. The van der Waals surface area contributed by atoms with E-state index in [-0.39, 0.29) is 11.2 Å². The lowest BCUT2D eigenvalue weighted by molar-refractivity contribution is -0.115. The summed E-state index contributed by atoms with van der Waals surface area (Å²) < 4.78 is 2.01. The molecule has 0 saturated carbocycles. The van der Waals surface area contributed by atoms with Crippen LogP contribution in [0, 0.1) is 32.1 Å². The third-order valence-electron chi connectivity index (χ3n) is 5.14. The molecule has 0 spiro atoms. The summed E-state index contributed by atoms with van der Waals surface area (Å²) in [6.45, 7) is 12.3. The molecule has 1 amide bonds. The molecule has 2 heterocycles. The van der Waals surface area contributed by atoms with Gasteiger partial charge in [0, 0.05) is 16.3 Å². The molecule has 1 unspecified atom stereocenters. The summed E-state index contributed by atoms with van der Waals surface area (Å²) in [6, 6.07) is 10.6. The van der Waals surface area contributed by atoms with Crippen molar-refractivity contribution in [1.82, 2.24) is 14.8 Å². The van der Waals surface area contributed by atoms with Gasteiger partial charge in [0.1, 0.15) is 16.9 Å². The van der Waals surface area contributed by atoms with Gasteiger partial charge in [-0.3, -0.25) is 4.79 Å². The van der Waals surface area contributed by atoms with Crippen LogP contribution in [0.2, 0.25) is 0 Å². The first-order valence-corrected chi connectivity index (χ1v) is 13.3. The Balaban J connectivity index is 1.74. The molecule has 1 aromatic carbocycles. The van der Waals surface area contributed by atoms with Crippen LogP contribution >= 0.6 is 34.9 Å². The second kappa shape index (κ2) is 11.5. The van der Waals surface area contributed by atoms with Crippen molar-refractivity contribution in [3.05, 3.63) is 64.3 Å². The first-order valence-electron chi connectivity index (χ1n) is 10.6. The first-order chi connectivity index (χ1) is 15.9. The number of aryl methyl sites for hydroxylation is 2. The summed E-state index contributed by atoms with van der Waals surface area (Å²) in [5, 5.41) is 22.1. The number of thiophene rings is 1. The van der Waals surface area contributed by atoms with E-state index < -0.39 is 0 Å². The number of hydrogen-bond acceptors (Lipinski definition) is 7. The molecule has 172 valence electrons. The fraction of sp³-hybridized carbons (Fsp3) is 0.333. The molecule has 9 heteroatoms. The molecule has 1 atom stereocenters. The largest absolute Gasteiger partial charge is 0.316 e. The molecule has 0 radical (unpaired) electrons. The highest BCUT2D eigenvalue weighted by molar-refractivity contribution is 8.00. The van der Waals surface area contributed by atoms with Crippen molar-refractivity contribution >= 4 is 45.8 Å². The zero-order chi connectivity index (χ0) is 24.0. The number of hydrogen-bond donors (Lipinski definition) is 1. The maximum Gasteiger partial charge on any atom is 0.238 e. The van der Waals surface area contributed by atoms with Crippen molar-refractivity contribution in [3.8, 4) is 6.07 Å². The number of carbonyl (C=O) groups excluding carboxylic acids is 1. The second-order valence-corrected chi connectivity index (χ2v) is 10.9. The van der Waals surface area contributed by atoms with E-state index >= 15 is 0 Å². The molecule has 0 fully saturated rings. The highest BCUT2D eigenvalue weighted by Crippen LogP contribution is 2.33. The Morgan fingerprint density at radius 3 is 2.67 bits per heavy atom. The van der Waals surface area contributed by atoms with E-state index in [1.165, 1.54) is 33.6 Å². The molecule has 3 aromatic rings. The van der Waals surface area contributed by atoms with Gasteiger partial charge in [-0.15, -0.1) is 39.9 Å². The van der Waals surface area contributed by atoms with Crippen LogP contribution in [-0.4, -0.2) is 25.9 Å². The number of rotatable bonds is 10. The zero-order valence-electron chi connectivity index (χ0n) is 19.2. The van der Waals surface area contributed by atoms with Crippen LogP contribution in [0.3, 0.4) is 0 Å². The third kappa shape index (κ3) is 6.08. The predicted molar refractivity (Wildman–Crippen MR) is 138 cm³/mol. The number of amides is 1. The Kier molecular flexibility index (Phi) is 8.78. The van der Waals surface area contributed by atoms with Crippen LogP contribution in [-0.2, 0) is 17.1 Å². The van der Waals surface area contributed by atoms with Gasteiger partial charge in [-0.1, -0.05) is 42.5 Å². The SMILES string of the molecule is C=CCn1c(CSc2ccc(C)cc2)nnc1SC(CC)C(=O)Nc1sc(C)c(C)c1C#N. The smallest absolute Gasteiger partial charge is 0.238 e. The Morgan fingerprint density at radius 1 is 1.30 bits per heavy atom. The lowest BCUT2D eigenvalue weighted by atomic mass is 10.2. The zero-order valence-corrected chi connectivity index (χ0v) is 21.7. The first kappa shape index (κ1) is 25.1. The predicted octanol–water partition coefficient (Wildman–Crippen LogP) is 6.12. The average molecular weight is 498 g/mol. The molecule has 0 saturated heterocycles. The summed E-state index contributed by atoms with van der Waals surface area (Å²) in [5.74, 6) is 1.38. The number of nitrogens with zero attached hydrogens (tertiary/aromatic N) is 4. The normalized spacial score (nSPS) is 11.7. The van der Waals surface area contributed by atoms with Gasteiger partial charge in [0.2, 0.25) is 5.91 Å². The maximum absolute atomic E-state index is 13.0. The van der Waals surface area contributed by atoms with E-state index in [9.17, 15) is 10.1 Å². The van der Waals surface area contributed by atoms with Crippen LogP contribution in [0.1, 0.15) is 40.7 Å². The van der Waals surface area contributed by atoms with Crippen molar-refractivity contribution in [1.29, 1.82) is 5.26 Å². The molecule has 0 aliphatic rings. The van der Waals surface area contributed by atoms with Gasteiger partial charge in [0.05, 0.1) is 16.6 Å². The average Bonchev–Trinajstić information content (AvgIpc) is 3.30. The van der Waals surface area contributed by atoms with E-state index in [0.29, 0.717) is 34.4 Å². The van der Waals surface area contributed by atoms with Gasteiger partial charge >= 0.3 is 0 Å². The number of carbonyl (C=O) groups is 1. The summed E-state index contributed by atoms with van der Waals surface area (Å²) >= 11 is 4.53. The van der Waals surface area contributed by atoms with Crippen molar-refractivity contribution in [2.24, 2.45) is 0 Å². The standard InChI is InChI=1S/C24H27N5OS3/c1-6-12-29-21(14-31-18-10-8-15(3)9-11-18)27-28-24(29)33-20(7-2)22(30)26-23-19(13-25)16(4)17(5)32-23/h6,8-11,20H,1,7,12,14H2,2-5H3,(H,26,30). The van der Waals surface area contributed by atoms with Gasteiger partial charge < -0.3 is 9.88 Å². The summed E-state index contributed by atoms with van der Waals surface area (Å²) in [7, 11) is 0. The lowest BCUT2D eigenvalue weighted by Crippen LogP contribution is -2.25. The van der Waals surface area contributed by atoms with Gasteiger partial charge in [-0.05, 0) is 44.9 Å². The summed E-state index contributed by atoms with van der Waals surface area (Å²) in [5.41, 5.74) is 2.68. The van der Waals surface area contributed by atoms with E-state index in [0.717, 1.165) is 16.3 Å². The van der Waals surface area contributed by atoms with Crippen LogP contribution in [0.25, 0.3) is 0 Å². The lowest BCUT2D eigenvalue weighted by Gasteiger charge is -2.15.